The van der Waals surface area contributed by atoms with Crippen molar-refractivity contribution in [2.75, 3.05) is 19.6 Å². The van der Waals surface area contributed by atoms with Gasteiger partial charge < -0.3 is 11.1 Å². The van der Waals surface area contributed by atoms with Crippen molar-refractivity contribution in [3.63, 3.8) is 0 Å². The predicted molar refractivity (Wildman–Crippen MR) is 59.7 cm³/mol. The zero-order valence-electron chi connectivity index (χ0n) is 8.33. The molecule has 1 atom stereocenters. The number of nitrogens with zero attached hydrogens (tertiary/aromatic N) is 1. The Bertz CT molecular complexity index is 279. The van der Waals surface area contributed by atoms with Gasteiger partial charge in [-0.25, -0.2) is 4.98 Å². The summed E-state index contributed by atoms with van der Waals surface area (Å²) in [6.07, 6.45) is 5.43. The van der Waals surface area contributed by atoms with E-state index in [1.807, 2.05) is 17.5 Å². The van der Waals surface area contributed by atoms with Crippen LogP contribution in [-0.2, 0) is 6.42 Å². The van der Waals surface area contributed by atoms with E-state index >= 15 is 0 Å². The predicted octanol–water partition coefficient (Wildman–Crippen LogP) is 1.11. The van der Waals surface area contributed by atoms with E-state index in [4.69, 9.17) is 5.73 Å². The minimum Gasteiger partial charge on any atom is -0.330 e. The van der Waals surface area contributed by atoms with Crippen LogP contribution in [0.25, 0.3) is 0 Å². The van der Waals surface area contributed by atoms with Gasteiger partial charge in [0.1, 0.15) is 0 Å². The summed E-state index contributed by atoms with van der Waals surface area (Å²) in [5.41, 5.74) is 5.48. The molecule has 0 aromatic carbocycles. The molecule has 3 N–H and O–H groups in total. The van der Waals surface area contributed by atoms with Crippen molar-refractivity contribution in [3.05, 3.63) is 16.1 Å². The molecule has 1 aliphatic rings. The minimum atomic E-state index is 0.659. The first-order valence-corrected chi connectivity index (χ1v) is 6.07. The van der Waals surface area contributed by atoms with E-state index in [1.54, 1.807) is 0 Å². The van der Waals surface area contributed by atoms with Gasteiger partial charge >= 0.3 is 0 Å². The third-order valence-corrected chi connectivity index (χ3v) is 3.83. The Labute approximate surface area is 88.7 Å². The lowest BCUT2D eigenvalue weighted by molar-refractivity contribution is 0.755. The van der Waals surface area contributed by atoms with E-state index in [2.05, 4.69) is 10.3 Å². The maximum atomic E-state index is 5.48. The molecule has 1 aliphatic heterocycles. The van der Waals surface area contributed by atoms with Gasteiger partial charge in [-0.1, -0.05) is 0 Å². The molecule has 1 fully saturated rings. The van der Waals surface area contributed by atoms with Gasteiger partial charge in [0.2, 0.25) is 0 Å². The van der Waals surface area contributed by atoms with Crippen molar-refractivity contribution in [2.24, 2.45) is 5.73 Å². The molecule has 4 heteroatoms. The van der Waals surface area contributed by atoms with Gasteiger partial charge in [0.15, 0.2) is 0 Å². The first-order valence-electron chi connectivity index (χ1n) is 5.25. The monoisotopic (exact) mass is 211 g/mol. The Morgan fingerprint density at radius 2 is 2.57 bits per heavy atom. The summed E-state index contributed by atoms with van der Waals surface area (Å²) in [7, 11) is 0. The Kier molecular flexibility index (Phi) is 3.50. The number of thiazole rings is 1. The van der Waals surface area contributed by atoms with E-state index in [-0.39, 0.29) is 0 Å². The molecule has 0 saturated carbocycles. The fourth-order valence-corrected chi connectivity index (χ4v) is 2.86. The first kappa shape index (κ1) is 10.1. The SMILES string of the molecule is NCCCc1cnc(C2CCNC2)s1. The van der Waals surface area contributed by atoms with Crippen molar-refractivity contribution in [2.45, 2.75) is 25.2 Å². The second-order valence-electron chi connectivity index (χ2n) is 3.75. The van der Waals surface area contributed by atoms with E-state index < -0.39 is 0 Å². The van der Waals surface area contributed by atoms with Crippen LogP contribution in [-0.4, -0.2) is 24.6 Å². The number of hydrogen-bond donors (Lipinski definition) is 2. The van der Waals surface area contributed by atoms with Gasteiger partial charge in [-0.05, 0) is 32.4 Å². The average Bonchev–Trinajstić information content (AvgIpc) is 2.85. The largest absolute Gasteiger partial charge is 0.330 e. The lowest BCUT2D eigenvalue weighted by Crippen LogP contribution is -2.07. The van der Waals surface area contributed by atoms with Crippen LogP contribution in [0.4, 0.5) is 0 Å². The zero-order valence-corrected chi connectivity index (χ0v) is 9.15. The Hall–Kier alpha value is -0.450. The summed E-state index contributed by atoms with van der Waals surface area (Å²) >= 11 is 1.86. The second-order valence-corrected chi connectivity index (χ2v) is 4.89. The molecule has 0 aliphatic carbocycles. The molecular formula is C10H17N3S. The topological polar surface area (TPSA) is 50.9 Å². The van der Waals surface area contributed by atoms with Crippen LogP contribution in [0.15, 0.2) is 6.20 Å². The maximum Gasteiger partial charge on any atom is 0.0971 e. The van der Waals surface area contributed by atoms with Crippen LogP contribution in [0.2, 0.25) is 0 Å². The highest BCUT2D eigenvalue weighted by molar-refractivity contribution is 7.11. The van der Waals surface area contributed by atoms with E-state index in [0.29, 0.717) is 5.92 Å². The number of rotatable bonds is 4. The third-order valence-electron chi connectivity index (χ3n) is 2.61. The maximum absolute atomic E-state index is 5.48. The van der Waals surface area contributed by atoms with Gasteiger partial charge in [0.05, 0.1) is 5.01 Å². The normalized spacial score (nSPS) is 21.6. The second kappa shape index (κ2) is 4.87. The highest BCUT2D eigenvalue weighted by atomic mass is 32.1. The summed E-state index contributed by atoms with van der Waals surface area (Å²) in [6.45, 7) is 3.02. The summed E-state index contributed by atoms with van der Waals surface area (Å²) in [5.74, 6) is 0.659. The van der Waals surface area contributed by atoms with Crippen molar-refractivity contribution in [1.29, 1.82) is 0 Å². The number of nitrogens with two attached hydrogens (primary N) is 1. The average molecular weight is 211 g/mol. The lowest BCUT2D eigenvalue weighted by Gasteiger charge is -2.01. The standard InChI is InChI=1S/C10H17N3S/c11-4-1-2-9-7-13-10(14-9)8-3-5-12-6-8/h7-8,12H,1-6,11H2. The van der Waals surface area contributed by atoms with Crippen LogP contribution in [0.5, 0.6) is 0 Å². The molecule has 0 radical (unpaired) electrons. The van der Waals surface area contributed by atoms with E-state index in [9.17, 15) is 0 Å². The Morgan fingerprint density at radius 1 is 1.64 bits per heavy atom. The minimum absolute atomic E-state index is 0.659. The first-order chi connectivity index (χ1) is 6.90. The molecule has 1 aromatic rings. The van der Waals surface area contributed by atoms with Gasteiger partial charge in [-0.2, -0.15) is 0 Å². The van der Waals surface area contributed by atoms with Crippen molar-refractivity contribution < 1.29 is 0 Å². The molecule has 3 nitrogen and oxygen atoms in total. The molecule has 1 aromatic heterocycles. The van der Waals surface area contributed by atoms with Crippen LogP contribution < -0.4 is 11.1 Å². The third kappa shape index (κ3) is 2.32. The van der Waals surface area contributed by atoms with E-state index in [0.717, 1.165) is 32.5 Å². The van der Waals surface area contributed by atoms with Gasteiger partial charge in [-0.15, -0.1) is 11.3 Å². The quantitative estimate of drug-likeness (QED) is 0.784. The molecule has 0 amide bonds. The molecule has 78 valence electrons. The molecular weight excluding hydrogens is 194 g/mol. The summed E-state index contributed by atoms with van der Waals surface area (Å²) in [4.78, 5) is 5.88. The number of hydrogen-bond acceptors (Lipinski definition) is 4. The van der Waals surface area contributed by atoms with Crippen LogP contribution in [0, 0.1) is 0 Å². The van der Waals surface area contributed by atoms with Gasteiger partial charge in [-0.3, -0.25) is 0 Å². The molecule has 0 spiro atoms. The van der Waals surface area contributed by atoms with Gasteiger partial charge in [0, 0.05) is 23.5 Å². The smallest absolute Gasteiger partial charge is 0.0971 e. The van der Waals surface area contributed by atoms with Crippen LogP contribution in [0.1, 0.15) is 28.6 Å². The molecule has 2 heterocycles. The van der Waals surface area contributed by atoms with E-state index in [1.165, 1.54) is 16.3 Å². The van der Waals surface area contributed by atoms with Crippen molar-refractivity contribution in [1.82, 2.24) is 10.3 Å². The number of aromatic nitrogens is 1. The fourth-order valence-electron chi connectivity index (χ4n) is 1.77. The number of nitrogens with one attached hydrogen (secondary N) is 1. The van der Waals surface area contributed by atoms with Crippen molar-refractivity contribution in [3.8, 4) is 0 Å². The molecule has 1 saturated heterocycles. The fraction of sp³-hybridized carbons (Fsp3) is 0.700. The molecule has 1 unspecified atom stereocenters. The molecule has 0 bridgehead atoms. The number of aryl methyl sites for hydroxylation is 1. The Morgan fingerprint density at radius 3 is 3.29 bits per heavy atom. The lowest BCUT2D eigenvalue weighted by atomic mass is 10.1. The van der Waals surface area contributed by atoms with Crippen LogP contribution in [0.3, 0.4) is 0 Å². The highest BCUT2D eigenvalue weighted by Crippen LogP contribution is 2.26. The zero-order chi connectivity index (χ0) is 9.80. The molecule has 2 rings (SSSR count). The summed E-state index contributed by atoms with van der Waals surface area (Å²) in [6, 6.07) is 0. The Balaban J connectivity index is 1.94. The summed E-state index contributed by atoms with van der Waals surface area (Å²) in [5, 5.41) is 4.68. The van der Waals surface area contributed by atoms with Crippen LogP contribution >= 0.6 is 11.3 Å². The highest BCUT2D eigenvalue weighted by Gasteiger charge is 2.19. The van der Waals surface area contributed by atoms with Crippen molar-refractivity contribution >= 4 is 11.3 Å². The summed E-state index contributed by atoms with van der Waals surface area (Å²) < 4.78 is 0. The molecule has 14 heavy (non-hydrogen) atoms. The van der Waals surface area contributed by atoms with Gasteiger partial charge in [0.25, 0.3) is 0 Å².